The number of carbonyl (C=O) groups excluding carboxylic acids is 2. The minimum absolute atomic E-state index is 0.0807. The van der Waals surface area contributed by atoms with E-state index in [1.54, 1.807) is 48.5 Å². The summed E-state index contributed by atoms with van der Waals surface area (Å²) in [4.78, 5) is 26.7. The van der Waals surface area contributed by atoms with E-state index in [-0.39, 0.29) is 18.0 Å². The molecule has 2 aromatic carbocycles. The predicted octanol–water partition coefficient (Wildman–Crippen LogP) is 4.22. The smallest absolute Gasteiger partial charge is 0.338 e. The van der Waals surface area contributed by atoms with Crippen LogP contribution in [0.2, 0.25) is 0 Å². The van der Waals surface area contributed by atoms with Gasteiger partial charge in [-0.3, -0.25) is 4.79 Å². The van der Waals surface area contributed by atoms with Gasteiger partial charge in [-0.05, 0) is 75.5 Å². The first-order valence-electron chi connectivity index (χ1n) is 10.0. The minimum Gasteiger partial charge on any atom is -0.491 e. The summed E-state index contributed by atoms with van der Waals surface area (Å²) in [5, 5.41) is 2.82. The Morgan fingerprint density at radius 3 is 2.07 bits per heavy atom. The molecule has 0 fully saturated rings. The largest absolute Gasteiger partial charge is 0.491 e. The van der Waals surface area contributed by atoms with Crippen molar-refractivity contribution in [2.24, 2.45) is 0 Å². The molecule has 0 aliphatic heterocycles. The lowest BCUT2D eigenvalue weighted by molar-refractivity contribution is 0.0466. The van der Waals surface area contributed by atoms with Gasteiger partial charge in [0.2, 0.25) is 0 Å². The third-order valence-corrected chi connectivity index (χ3v) is 4.40. The summed E-state index contributed by atoms with van der Waals surface area (Å²) in [6.45, 7) is 11.0. The average Bonchev–Trinajstić information content (AvgIpc) is 2.71. The van der Waals surface area contributed by atoms with Crippen LogP contribution < -0.4 is 10.1 Å². The molecule has 2 aromatic rings. The molecular formula is C23H30N2O4. The number of hydrogen-bond acceptors (Lipinski definition) is 5. The van der Waals surface area contributed by atoms with Gasteiger partial charge in [-0.25, -0.2) is 4.79 Å². The molecular weight excluding hydrogens is 368 g/mol. The first kappa shape index (κ1) is 22.4. The summed E-state index contributed by atoms with van der Waals surface area (Å²) in [6, 6.07) is 13.6. The minimum atomic E-state index is -0.365. The van der Waals surface area contributed by atoms with Gasteiger partial charge in [0, 0.05) is 17.8 Å². The first-order valence-corrected chi connectivity index (χ1v) is 10.0. The second-order valence-corrected chi connectivity index (χ2v) is 6.89. The Kier molecular flexibility index (Phi) is 8.68. The number of ether oxygens (including phenoxy) is 2. The van der Waals surface area contributed by atoms with E-state index in [0.717, 1.165) is 18.8 Å². The molecule has 0 saturated heterocycles. The summed E-state index contributed by atoms with van der Waals surface area (Å²) in [5.74, 6) is 0.131. The predicted molar refractivity (Wildman–Crippen MR) is 115 cm³/mol. The lowest BCUT2D eigenvalue weighted by Crippen LogP contribution is -2.27. The van der Waals surface area contributed by atoms with E-state index in [0.29, 0.717) is 30.0 Å². The molecule has 0 aromatic heterocycles. The van der Waals surface area contributed by atoms with Gasteiger partial charge in [0.25, 0.3) is 5.91 Å². The number of hydrogen-bond donors (Lipinski definition) is 1. The SMILES string of the molecule is CCN(CC)CCOC(=O)c1ccc(NC(=O)c2ccc(OC(C)C)cc2)cc1. The Bertz CT molecular complexity index is 782. The zero-order valence-electron chi connectivity index (χ0n) is 17.6. The fourth-order valence-corrected chi connectivity index (χ4v) is 2.74. The van der Waals surface area contributed by atoms with Gasteiger partial charge in [-0.15, -0.1) is 0 Å². The molecule has 6 heteroatoms. The number of esters is 1. The second kappa shape index (κ2) is 11.2. The van der Waals surface area contributed by atoms with Crippen LogP contribution in [-0.2, 0) is 4.74 Å². The van der Waals surface area contributed by atoms with E-state index in [2.05, 4.69) is 24.1 Å². The summed E-state index contributed by atoms with van der Waals surface area (Å²) < 4.78 is 10.9. The first-order chi connectivity index (χ1) is 13.9. The lowest BCUT2D eigenvalue weighted by Gasteiger charge is -2.17. The molecule has 0 heterocycles. The number of likely N-dealkylation sites (N-methyl/N-ethyl adjacent to an activating group) is 1. The topological polar surface area (TPSA) is 67.9 Å². The average molecular weight is 399 g/mol. The van der Waals surface area contributed by atoms with Crippen LogP contribution in [0.3, 0.4) is 0 Å². The molecule has 2 rings (SSSR count). The lowest BCUT2D eigenvalue weighted by atomic mass is 10.1. The van der Waals surface area contributed by atoms with Crippen molar-refractivity contribution in [1.82, 2.24) is 4.90 Å². The van der Waals surface area contributed by atoms with Crippen LogP contribution >= 0.6 is 0 Å². The van der Waals surface area contributed by atoms with Crippen LogP contribution in [0, 0.1) is 0 Å². The van der Waals surface area contributed by atoms with Gasteiger partial charge < -0.3 is 19.7 Å². The Morgan fingerprint density at radius 1 is 0.931 bits per heavy atom. The Labute approximate surface area is 172 Å². The zero-order chi connectivity index (χ0) is 21.2. The molecule has 0 aliphatic carbocycles. The van der Waals surface area contributed by atoms with E-state index in [9.17, 15) is 9.59 Å². The summed E-state index contributed by atoms with van der Waals surface area (Å²) in [6.07, 6.45) is 0.0807. The standard InChI is InChI=1S/C23H30N2O4/c1-5-25(6-2)15-16-28-23(27)19-7-11-20(12-8-19)24-22(26)18-9-13-21(14-10-18)29-17(3)4/h7-14,17H,5-6,15-16H2,1-4H3,(H,24,26). The third-order valence-electron chi connectivity index (χ3n) is 4.40. The van der Waals surface area contributed by atoms with Crippen LogP contribution in [0.5, 0.6) is 5.75 Å². The number of nitrogens with zero attached hydrogens (tertiary/aromatic N) is 1. The van der Waals surface area contributed by atoms with Crippen molar-refractivity contribution in [1.29, 1.82) is 0 Å². The highest BCUT2D eigenvalue weighted by Gasteiger charge is 2.10. The van der Waals surface area contributed by atoms with Crippen LogP contribution in [0.1, 0.15) is 48.4 Å². The molecule has 0 aliphatic rings. The van der Waals surface area contributed by atoms with Gasteiger partial charge in [-0.1, -0.05) is 13.8 Å². The summed E-state index contributed by atoms with van der Waals surface area (Å²) in [7, 11) is 0. The van der Waals surface area contributed by atoms with E-state index in [4.69, 9.17) is 9.47 Å². The van der Waals surface area contributed by atoms with Crippen molar-refractivity contribution in [2.75, 3.05) is 31.6 Å². The van der Waals surface area contributed by atoms with Gasteiger partial charge in [0.15, 0.2) is 0 Å². The van der Waals surface area contributed by atoms with Crippen molar-refractivity contribution in [3.8, 4) is 5.75 Å². The normalized spacial score (nSPS) is 10.8. The molecule has 0 saturated carbocycles. The van der Waals surface area contributed by atoms with E-state index >= 15 is 0 Å². The molecule has 6 nitrogen and oxygen atoms in total. The third kappa shape index (κ3) is 7.23. The number of benzene rings is 2. The Balaban J connectivity index is 1.87. The number of anilines is 1. The number of amides is 1. The van der Waals surface area contributed by atoms with Crippen LogP contribution in [-0.4, -0.2) is 49.1 Å². The van der Waals surface area contributed by atoms with Crippen molar-refractivity contribution in [2.45, 2.75) is 33.8 Å². The highest BCUT2D eigenvalue weighted by atomic mass is 16.5. The summed E-state index contributed by atoms with van der Waals surface area (Å²) in [5.41, 5.74) is 1.59. The van der Waals surface area contributed by atoms with Crippen molar-refractivity contribution >= 4 is 17.6 Å². The maximum atomic E-state index is 12.4. The van der Waals surface area contributed by atoms with E-state index < -0.39 is 0 Å². The van der Waals surface area contributed by atoms with Gasteiger partial charge in [0.05, 0.1) is 11.7 Å². The fraction of sp³-hybridized carbons (Fsp3) is 0.391. The highest BCUT2D eigenvalue weighted by molar-refractivity contribution is 6.04. The van der Waals surface area contributed by atoms with E-state index in [1.807, 2.05) is 13.8 Å². The van der Waals surface area contributed by atoms with Crippen molar-refractivity contribution in [3.05, 3.63) is 59.7 Å². The van der Waals surface area contributed by atoms with E-state index in [1.165, 1.54) is 0 Å². The number of nitrogens with one attached hydrogen (secondary N) is 1. The molecule has 0 bridgehead atoms. The fourth-order valence-electron chi connectivity index (χ4n) is 2.74. The molecule has 0 atom stereocenters. The van der Waals surface area contributed by atoms with Crippen LogP contribution in [0.4, 0.5) is 5.69 Å². The van der Waals surface area contributed by atoms with Crippen LogP contribution in [0.25, 0.3) is 0 Å². The molecule has 0 spiro atoms. The second-order valence-electron chi connectivity index (χ2n) is 6.89. The number of rotatable bonds is 10. The molecule has 1 N–H and O–H groups in total. The Morgan fingerprint density at radius 2 is 1.52 bits per heavy atom. The molecule has 0 radical (unpaired) electrons. The summed E-state index contributed by atoms with van der Waals surface area (Å²) >= 11 is 0. The molecule has 0 unspecified atom stereocenters. The maximum Gasteiger partial charge on any atom is 0.338 e. The van der Waals surface area contributed by atoms with Crippen molar-refractivity contribution in [3.63, 3.8) is 0 Å². The van der Waals surface area contributed by atoms with Crippen LogP contribution in [0.15, 0.2) is 48.5 Å². The quantitative estimate of drug-likeness (QED) is 0.607. The molecule has 29 heavy (non-hydrogen) atoms. The molecule has 156 valence electrons. The van der Waals surface area contributed by atoms with Gasteiger partial charge >= 0.3 is 5.97 Å². The monoisotopic (exact) mass is 398 g/mol. The van der Waals surface area contributed by atoms with Crippen molar-refractivity contribution < 1.29 is 19.1 Å². The zero-order valence-corrected chi connectivity index (χ0v) is 17.6. The maximum absolute atomic E-state index is 12.4. The Hall–Kier alpha value is -2.86. The number of carbonyl (C=O) groups is 2. The van der Waals surface area contributed by atoms with Gasteiger partial charge in [0.1, 0.15) is 12.4 Å². The highest BCUT2D eigenvalue weighted by Crippen LogP contribution is 2.16. The van der Waals surface area contributed by atoms with Gasteiger partial charge in [-0.2, -0.15) is 0 Å². The molecule has 1 amide bonds.